The molecule has 1 unspecified atom stereocenters. The molecule has 0 bridgehead atoms. The van der Waals surface area contributed by atoms with Crippen molar-refractivity contribution in [1.82, 2.24) is 10.2 Å². The van der Waals surface area contributed by atoms with Crippen LogP contribution in [-0.2, 0) is 16.3 Å². The number of furan rings is 1. The topological polar surface area (TPSA) is 79.6 Å². The molecule has 1 N–H and O–H groups in total. The van der Waals surface area contributed by atoms with Crippen LogP contribution in [0.3, 0.4) is 0 Å². The highest BCUT2D eigenvalue weighted by atomic mass is 32.2. The van der Waals surface area contributed by atoms with Gasteiger partial charge in [0.05, 0.1) is 5.75 Å². The molecule has 2 amide bonds. The molecule has 1 aromatic heterocycles. The van der Waals surface area contributed by atoms with Gasteiger partial charge >= 0.3 is 6.03 Å². The molecule has 0 saturated carbocycles. The van der Waals surface area contributed by atoms with Gasteiger partial charge < -0.3 is 14.6 Å². The Morgan fingerprint density at radius 3 is 2.86 bits per heavy atom. The number of likely N-dealkylation sites (tertiary alicyclic amines) is 1. The lowest BCUT2D eigenvalue weighted by Gasteiger charge is -2.32. The first-order valence-corrected chi connectivity index (χ1v) is 9.65. The van der Waals surface area contributed by atoms with E-state index in [1.165, 1.54) is 6.26 Å². The number of carbonyl (C=O) groups is 1. The number of piperidine rings is 1. The van der Waals surface area contributed by atoms with Gasteiger partial charge in [-0.15, -0.1) is 0 Å². The van der Waals surface area contributed by atoms with Crippen molar-refractivity contribution in [2.75, 3.05) is 31.6 Å². The van der Waals surface area contributed by atoms with Crippen molar-refractivity contribution in [2.24, 2.45) is 5.92 Å². The second-order valence-corrected chi connectivity index (χ2v) is 8.23. The van der Waals surface area contributed by atoms with Crippen molar-refractivity contribution in [3.05, 3.63) is 23.7 Å². The summed E-state index contributed by atoms with van der Waals surface area (Å²) in [5.74, 6) is 1.91. The maximum Gasteiger partial charge on any atom is 0.317 e. The van der Waals surface area contributed by atoms with Crippen molar-refractivity contribution < 1.29 is 17.6 Å². The first-order chi connectivity index (χ1) is 10.3. The van der Waals surface area contributed by atoms with Crippen molar-refractivity contribution in [3.8, 4) is 0 Å². The number of hydrogen-bond donors (Lipinski definition) is 1. The Balaban J connectivity index is 1.76. The van der Waals surface area contributed by atoms with E-state index in [0.717, 1.165) is 24.4 Å². The molecular formula is C15H24N2O4S. The molecule has 1 aromatic rings. The molecule has 22 heavy (non-hydrogen) atoms. The van der Waals surface area contributed by atoms with Crippen LogP contribution in [0.25, 0.3) is 0 Å². The fraction of sp³-hybridized carbons (Fsp3) is 0.667. The minimum atomic E-state index is -2.99. The van der Waals surface area contributed by atoms with Crippen LogP contribution in [0.15, 0.2) is 16.5 Å². The first kappa shape index (κ1) is 16.9. The van der Waals surface area contributed by atoms with Gasteiger partial charge in [0.1, 0.15) is 21.4 Å². The molecule has 7 heteroatoms. The molecule has 1 atom stereocenters. The quantitative estimate of drug-likeness (QED) is 0.890. The van der Waals surface area contributed by atoms with Crippen LogP contribution in [0, 0.1) is 12.8 Å². The van der Waals surface area contributed by atoms with Crippen molar-refractivity contribution >= 4 is 15.9 Å². The van der Waals surface area contributed by atoms with Gasteiger partial charge in [0.2, 0.25) is 0 Å². The predicted octanol–water partition coefficient (Wildman–Crippen LogP) is 1.60. The molecule has 1 aliphatic rings. The zero-order valence-corrected chi connectivity index (χ0v) is 14.0. The van der Waals surface area contributed by atoms with Crippen LogP contribution in [0.5, 0.6) is 0 Å². The Morgan fingerprint density at radius 1 is 1.45 bits per heavy atom. The smallest absolute Gasteiger partial charge is 0.317 e. The number of sulfone groups is 1. The van der Waals surface area contributed by atoms with Crippen LogP contribution < -0.4 is 5.32 Å². The number of carbonyl (C=O) groups excluding carboxylic acids is 1. The van der Waals surface area contributed by atoms with E-state index in [2.05, 4.69) is 5.32 Å². The molecule has 0 aromatic carbocycles. The predicted molar refractivity (Wildman–Crippen MR) is 84.6 cm³/mol. The average Bonchev–Trinajstić information content (AvgIpc) is 2.83. The molecule has 1 aliphatic heterocycles. The molecule has 2 heterocycles. The van der Waals surface area contributed by atoms with Crippen molar-refractivity contribution in [2.45, 2.75) is 26.2 Å². The normalized spacial score (nSPS) is 19.2. The fourth-order valence-corrected chi connectivity index (χ4v) is 3.97. The molecule has 2 rings (SSSR count). The van der Waals surface area contributed by atoms with Gasteiger partial charge in [-0.3, -0.25) is 0 Å². The Labute approximate surface area is 131 Å². The zero-order chi connectivity index (χ0) is 16.2. The number of amides is 2. The number of nitrogens with zero attached hydrogens (tertiary/aromatic N) is 1. The van der Waals surface area contributed by atoms with Gasteiger partial charge in [-0.25, -0.2) is 13.2 Å². The number of rotatable bonds is 5. The Morgan fingerprint density at radius 2 is 2.23 bits per heavy atom. The molecule has 1 fully saturated rings. The van der Waals surface area contributed by atoms with Crippen LogP contribution in [0.2, 0.25) is 0 Å². The van der Waals surface area contributed by atoms with E-state index in [0.29, 0.717) is 26.1 Å². The summed E-state index contributed by atoms with van der Waals surface area (Å²) >= 11 is 0. The third-order valence-electron chi connectivity index (χ3n) is 3.79. The molecule has 0 spiro atoms. The van der Waals surface area contributed by atoms with E-state index >= 15 is 0 Å². The van der Waals surface area contributed by atoms with E-state index in [1.54, 1.807) is 4.90 Å². The van der Waals surface area contributed by atoms with Crippen LogP contribution in [-0.4, -0.2) is 51.0 Å². The lowest BCUT2D eigenvalue weighted by molar-refractivity contribution is 0.170. The average molecular weight is 328 g/mol. The number of urea groups is 1. The van der Waals surface area contributed by atoms with Crippen LogP contribution >= 0.6 is 0 Å². The van der Waals surface area contributed by atoms with Crippen LogP contribution in [0.1, 0.15) is 24.4 Å². The Kier molecular flexibility index (Phi) is 5.50. The molecule has 6 nitrogen and oxygen atoms in total. The van der Waals surface area contributed by atoms with Gasteiger partial charge in [0, 0.05) is 32.3 Å². The standard InChI is InChI=1S/C15H24N2O4S/c1-12-5-6-14(21-12)7-8-16-15(18)17-9-3-4-13(10-17)11-22(2,19)20/h5-6,13H,3-4,7-11H2,1-2H3,(H,16,18). The lowest BCUT2D eigenvalue weighted by atomic mass is 10.0. The van der Waals surface area contributed by atoms with Gasteiger partial charge in [0.15, 0.2) is 0 Å². The second-order valence-electron chi connectivity index (χ2n) is 6.04. The summed E-state index contributed by atoms with van der Waals surface area (Å²) in [6, 6.07) is 3.68. The van der Waals surface area contributed by atoms with Gasteiger partial charge in [-0.1, -0.05) is 0 Å². The lowest BCUT2D eigenvalue weighted by Crippen LogP contribution is -2.47. The molecular weight excluding hydrogens is 304 g/mol. The van der Waals surface area contributed by atoms with E-state index in [-0.39, 0.29) is 17.7 Å². The minimum absolute atomic E-state index is 0.0437. The van der Waals surface area contributed by atoms with Crippen molar-refractivity contribution in [1.29, 1.82) is 0 Å². The summed E-state index contributed by atoms with van der Waals surface area (Å²) in [5.41, 5.74) is 0. The highest BCUT2D eigenvalue weighted by molar-refractivity contribution is 7.90. The summed E-state index contributed by atoms with van der Waals surface area (Å²) in [4.78, 5) is 13.9. The summed E-state index contributed by atoms with van der Waals surface area (Å²) in [5, 5.41) is 2.87. The second kappa shape index (κ2) is 7.17. The summed E-state index contributed by atoms with van der Waals surface area (Å²) in [6.45, 7) is 3.60. The van der Waals surface area contributed by atoms with Crippen molar-refractivity contribution in [3.63, 3.8) is 0 Å². The Bertz CT molecular complexity index is 609. The monoisotopic (exact) mass is 328 g/mol. The maximum atomic E-state index is 12.1. The molecule has 0 radical (unpaired) electrons. The van der Waals surface area contributed by atoms with E-state index in [1.807, 2.05) is 19.1 Å². The van der Waals surface area contributed by atoms with E-state index < -0.39 is 9.84 Å². The maximum absolute atomic E-state index is 12.1. The number of hydrogen-bond acceptors (Lipinski definition) is 4. The SMILES string of the molecule is Cc1ccc(CCNC(=O)N2CCCC(CS(C)(=O)=O)C2)o1. The highest BCUT2D eigenvalue weighted by Crippen LogP contribution is 2.18. The van der Waals surface area contributed by atoms with E-state index in [9.17, 15) is 13.2 Å². The van der Waals surface area contributed by atoms with Crippen LogP contribution in [0.4, 0.5) is 4.79 Å². The molecule has 0 aliphatic carbocycles. The third-order valence-corrected chi connectivity index (χ3v) is 4.87. The first-order valence-electron chi connectivity index (χ1n) is 7.59. The summed E-state index contributed by atoms with van der Waals surface area (Å²) in [7, 11) is -2.99. The Hall–Kier alpha value is -1.50. The minimum Gasteiger partial charge on any atom is -0.466 e. The molecule has 124 valence electrons. The fourth-order valence-electron chi connectivity index (χ4n) is 2.84. The zero-order valence-electron chi connectivity index (χ0n) is 13.2. The third kappa shape index (κ3) is 5.36. The number of aryl methyl sites for hydroxylation is 1. The largest absolute Gasteiger partial charge is 0.466 e. The van der Waals surface area contributed by atoms with Gasteiger partial charge in [-0.2, -0.15) is 0 Å². The molecule has 1 saturated heterocycles. The van der Waals surface area contributed by atoms with Gasteiger partial charge in [0.25, 0.3) is 0 Å². The summed E-state index contributed by atoms with van der Waals surface area (Å²) < 4.78 is 28.2. The number of nitrogens with one attached hydrogen (secondary N) is 1. The highest BCUT2D eigenvalue weighted by Gasteiger charge is 2.25. The van der Waals surface area contributed by atoms with E-state index in [4.69, 9.17) is 4.42 Å². The van der Waals surface area contributed by atoms with Gasteiger partial charge in [-0.05, 0) is 37.8 Å². The summed E-state index contributed by atoms with van der Waals surface area (Å²) in [6.07, 6.45) is 3.62.